The molecule has 0 bridgehead atoms. The van der Waals surface area contributed by atoms with Gasteiger partial charge in [-0.25, -0.2) is 4.67 Å². The average Bonchev–Trinajstić information content (AvgIpc) is 2.32. The maximum absolute atomic E-state index is 12.9. The number of fused-ring (bicyclic) bond motifs is 1. The van der Waals surface area contributed by atoms with Gasteiger partial charge in [-0.2, -0.15) is 0 Å². The molecule has 6 heteroatoms. The number of alkyl halides is 1. The number of nitrogens with zero attached hydrogens (tertiary/aromatic N) is 1. The minimum absolute atomic E-state index is 0.0739. The molecular weight excluding hydrogens is 336 g/mol. The predicted octanol–water partition coefficient (Wildman–Crippen LogP) is 4.71. The van der Waals surface area contributed by atoms with Gasteiger partial charge < -0.3 is 4.52 Å². The van der Waals surface area contributed by atoms with E-state index >= 15 is 0 Å². The van der Waals surface area contributed by atoms with Crippen LogP contribution in [0.15, 0.2) is 10.8 Å². The van der Waals surface area contributed by atoms with Crippen molar-refractivity contribution in [3.63, 3.8) is 0 Å². The van der Waals surface area contributed by atoms with E-state index in [1.54, 1.807) is 5.82 Å². The van der Waals surface area contributed by atoms with E-state index in [0.717, 1.165) is 25.7 Å². The van der Waals surface area contributed by atoms with Crippen LogP contribution in [0.3, 0.4) is 0 Å². The molecule has 0 aromatic carbocycles. The SMILES string of the molecule is CCN(CC)P1(=O)C=C(Cl)C2(Br)CCCCC2O1. The van der Waals surface area contributed by atoms with Crippen molar-refractivity contribution in [1.82, 2.24) is 4.67 Å². The fourth-order valence-corrected chi connectivity index (χ4v) is 6.68. The quantitative estimate of drug-likeness (QED) is 0.542. The van der Waals surface area contributed by atoms with Crippen LogP contribution in [-0.2, 0) is 9.09 Å². The molecule has 3 atom stereocenters. The van der Waals surface area contributed by atoms with Crippen LogP contribution in [0.5, 0.6) is 0 Å². The summed E-state index contributed by atoms with van der Waals surface area (Å²) >= 11 is 10.1. The van der Waals surface area contributed by atoms with Crippen molar-refractivity contribution < 1.29 is 9.09 Å². The van der Waals surface area contributed by atoms with Crippen molar-refractivity contribution in [3.8, 4) is 0 Å². The van der Waals surface area contributed by atoms with Crippen LogP contribution in [0, 0.1) is 0 Å². The van der Waals surface area contributed by atoms with Gasteiger partial charge in [-0.1, -0.05) is 54.2 Å². The summed E-state index contributed by atoms with van der Waals surface area (Å²) in [4.78, 5) is 0. The first-order chi connectivity index (χ1) is 8.46. The van der Waals surface area contributed by atoms with Gasteiger partial charge in [-0.15, -0.1) is 0 Å². The van der Waals surface area contributed by atoms with E-state index in [4.69, 9.17) is 16.1 Å². The molecule has 0 spiro atoms. The Bertz CT molecular complexity index is 400. The zero-order valence-corrected chi connectivity index (χ0v) is 14.1. The first kappa shape index (κ1) is 15.1. The Morgan fingerprint density at radius 2 is 2.22 bits per heavy atom. The number of rotatable bonds is 3. The Kier molecular flexibility index (Phi) is 4.66. The van der Waals surface area contributed by atoms with Crippen molar-refractivity contribution in [3.05, 3.63) is 10.8 Å². The maximum atomic E-state index is 12.9. The molecule has 104 valence electrons. The summed E-state index contributed by atoms with van der Waals surface area (Å²) in [6.07, 6.45) is 4.03. The molecule has 1 heterocycles. The van der Waals surface area contributed by atoms with Gasteiger partial charge in [0.05, 0.1) is 10.4 Å². The zero-order valence-electron chi connectivity index (χ0n) is 10.9. The van der Waals surface area contributed by atoms with Crippen LogP contribution in [-0.4, -0.2) is 28.2 Å². The topological polar surface area (TPSA) is 29.5 Å². The van der Waals surface area contributed by atoms with Gasteiger partial charge in [0.25, 0.3) is 7.52 Å². The molecule has 3 nitrogen and oxygen atoms in total. The summed E-state index contributed by atoms with van der Waals surface area (Å²) < 4.78 is 20.5. The number of hydrogen-bond acceptors (Lipinski definition) is 2. The first-order valence-corrected chi connectivity index (χ1v) is 9.39. The van der Waals surface area contributed by atoms with Gasteiger partial charge in [-0.05, 0) is 12.8 Å². The van der Waals surface area contributed by atoms with Gasteiger partial charge in [0, 0.05) is 23.9 Å². The van der Waals surface area contributed by atoms with Crippen LogP contribution in [0.25, 0.3) is 0 Å². The van der Waals surface area contributed by atoms with Gasteiger partial charge in [-0.3, -0.25) is 4.57 Å². The fraction of sp³-hybridized carbons (Fsp3) is 0.833. The molecule has 0 radical (unpaired) electrons. The predicted molar refractivity (Wildman–Crippen MR) is 79.5 cm³/mol. The molecule has 1 aliphatic carbocycles. The lowest BCUT2D eigenvalue weighted by Gasteiger charge is -2.45. The van der Waals surface area contributed by atoms with Gasteiger partial charge in [0.2, 0.25) is 0 Å². The summed E-state index contributed by atoms with van der Waals surface area (Å²) in [5.74, 6) is 1.65. The second-order valence-corrected chi connectivity index (χ2v) is 8.87. The van der Waals surface area contributed by atoms with E-state index < -0.39 is 7.52 Å². The molecule has 1 fully saturated rings. The highest BCUT2D eigenvalue weighted by atomic mass is 79.9. The first-order valence-electron chi connectivity index (χ1n) is 6.57. The minimum atomic E-state index is -2.90. The highest BCUT2D eigenvalue weighted by Crippen LogP contribution is 2.63. The Morgan fingerprint density at radius 1 is 1.56 bits per heavy atom. The summed E-state index contributed by atoms with van der Waals surface area (Å²) in [5.41, 5.74) is 0. The Balaban J connectivity index is 2.36. The lowest BCUT2D eigenvalue weighted by atomic mass is 9.86. The molecule has 3 unspecified atom stereocenters. The van der Waals surface area contributed by atoms with E-state index in [9.17, 15) is 4.57 Å². The zero-order chi connectivity index (χ0) is 13.4. The van der Waals surface area contributed by atoms with Gasteiger partial charge in [0.15, 0.2) is 0 Å². The Hall–Kier alpha value is 0.660. The third kappa shape index (κ3) is 2.47. The molecule has 0 amide bonds. The number of hydrogen-bond donors (Lipinski definition) is 0. The van der Waals surface area contributed by atoms with E-state index in [2.05, 4.69) is 15.9 Å². The maximum Gasteiger partial charge on any atom is 0.296 e. The van der Waals surface area contributed by atoms with Crippen LogP contribution in [0.2, 0.25) is 0 Å². The van der Waals surface area contributed by atoms with Crippen molar-refractivity contribution in [2.45, 2.75) is 50.0 Å². The van der Waals surface area contributed by atoms with Gasteiger partial charge >= 0.3 is 0 Å². The molecule has 0 saturated heterocycles. The van der Waals surface area contributed by atoms with Crippen LogP contribution in [0.4, 0.5) is 0 Å². The minimum Gasteiger partial charge on any atom is -0.309 e. The van der Waals surface area contributed by atoms with E-state index in [-0.39, 0.29) is 10.4 Å². The molecule has 1 saturated carbocycles. The highest BCUT2D eigenvalue weighted by Gasteiger charge is 2.50. The van der Waals surface area contributed by atoms with Crippen molar-refractivity contribution in [2.75, 3.05) is 13.1 Å². The fourth-order valence-electron chi connectivity index (χ4n) is 2.74. The van der Waals surface area contributed by atoms with E-state index in [0.29, 0.717) is 18.1 Å². The Labute approximate surface area is 123 Å². The van der Waals surface area contributed by atoms with Crippen molar-refractivity contribution >= 4 is 35.1 Å². The molecule has 1 aliphatic heterocycles. The molecule has 0 N–H and O–H groups in total. The van der Waals surface area contributed by atoms with Crippen molar-refractivity contribution in [1.29, 1.82) is 0 Å². The standard InChI is InChI=1S/C12H20BrClNO2P/c1-3-15(4-2)18(16)9-10(14)12(13)8-6-5-7-11(12)17-18/h9,11H,3-8H2,1-2H3. The highest BCUT2D eigenvalue weighted by molar-refractivity contribution is 9.10. The average molecular weight is 357 g/mol. The van der Waals surface area contributed by atoms with Crippen molar-refractivity contribution in [2.24, 2.45) is 0 Å². The van der Waals surface area contributed by atoms with Crippen LogP contribution in [0.1, 0.15) is 39.5 Å². The molecule has 18 heavy (non-hydrogen) atoms. The lowest BCUT2D eigenvalue weighted by molar-refractivity contribution is 0.120. The number of halogens is 2. The molecular formula is C12H20BrClNO2P. The smallest absolute Gasteiger partial charge is 0.296 e. The second-order valence-electron chi connectivity index (χ2n) is 4.88. The molecule has 0 aromatic heterocycles. The normalized spacial score (nSPS) is 40.5. The van der Waals surface area contributed by atoms with Gasteiger partial charge in [0.1, 0.15) is 0 Å². The molecule has 2 rings (SSSR count). The summed E-state index contributed by atoms with van der Waals surface area (Å²) in [6.45, 7) is 5.39. The van der Waals surface area contributed by atoms with Crippen LogP contribution < -0.4 is 0 Å². The monoisotopic (exact) mass is 355 g/mol. The van der Waals surface area contributed by atoms with E-state index in [1.807, 2.05) is 18.5 Å². The molecule has 0 aromatic rings. The Morgan fingerprint density at radius 3 is 2.83 bits per heavy atom. The summed E-state index contributed by atoms with van der Waals surface area (Å²) in [5, 5.41) is 0.661. The summed E-state index contributed by atoms with van der Waals surface area (Å²) in [6, 6.07) is 0. The lowest BCUT2D eigenvalue weighted by Crippen LogP contribution is -2.44. The third-order valence-electron chi connectivity index (χ3n) is 3.84. The third-order valence-corrected chi connectivity index (χ3v) is 8.50. The van der Waals surface area contributed by atoms with Crippen LogP contribution >= 0.6 is 35.1 Å². The summed E-state index contributed by atoms with van der Waals surface area (Å²) in [7, 11) is -2.90. The van der Waals surface area contributed by atoms with E-state index in [1.165, 1.54) is 0 Å². The second kappa shape index (κ2) is 5.57. The molecule has 2 aliphatic rings. The largest absolute Gasteiger partial charge is 0.309 e.